The summed E-state index contributed by atoms with van der Waals surface area (Å²) in [5.41, 5.74) is 28.9. The van der Waals surface area contributed by atoms with Crippen LogP contribution in [0.2, 0.25) is 0 Å². The third kappa shape index (κ3) is 5.07. The van der Waals surface area contributed by atoms with Crippen LogP contribution in [0, 0.1) is 0 Å². The Morgan fingerprint density at radius 2 is 0.789 bits per heavy atom. The zero-order valence-electron chi connectivity index (χ0n) is 43.9. The van der Waals surface area contributed by atoms with Gasteiger partial charge in [-0.05, 0) is 156 Å². The topological polar surface area (TPSA) is 42.7 Å². The highest BCUT2D eigenvalue weighted by Crippen LogP contribution is 2.64. The summed E-state index contributed by atoms with van der Waals surface area (Å²) in [6.45, 7) is 19.3. The van der Waals surface area contributed by atoms with Crippen molar-refractivity contribution in [1.82, 2.24) is 0 Å². The van der Waals surface area contributed by atoms with E-state index in [-0.39, 0.29) is 21.7 Å². The third-order valence-electron chi connectivity index (χ3n) is 19.0. The zero-order chi connectivity index (χ0) is 51.1. The fourth-order valence-corrected chi connectivity index (χ4v) is 15.4. The first-order chi connectivity index (χ1) is 36.7. The summed E-state index contributed by atoms with van der Waals surface area (Å²) in [6.07, 6.45) is 0. The second-order valence-corrected chi connectivity index (χ2v) is 24.3. The molecular weight excluding hydrogens is 927 g/mol. The van der Waals surface area contributed by atoms with Crippen LogP contribution in [0.15, 0.2) is 189 Å². The van der Waals surface area contributed by atoms with E-state index in [4.69, 9.17) is 13.3 Å². The van der Waals surface area contributed by atoms with Gasteiger partial charge in [0.2, 0.25) is 0 Å². The molecule has 0 bridgehead atoms. The lowest BCUT2D eigenvalue weighted by atomic mass is 9.72. The van der Waals surface area contributed by atoms with Crippen molar-refractivity contribution in [3.63, 3.8) is 0 Å². The van der Waals surface area contributed by atoms with Gasteiger partial charge in [-0.3, -0.25) is 0 Å². The number of rotatable bonds is 3. The number of hydrogen-bond donors (Lipinski definition) is 0. The summed E-state index contributed by atoms with van der Waals surface area (Å²) in [5, 5.41) is 7.01. The first-order valence-corrected chi connectivity index (χ1v) is 27.0. The van der Waals surface area contributed by atoms with Crippen molar-refractivity contribution < 1.29 is 13.3 Å². The van der Waals surface area contributed by atoms with Gasteiger partial charge in [0.25, 0.3) is 0 Å². The minimum absolute atomic E-state index is 0.192. The predicted octanol–water partition coefficient (Wildman–Crippen LogP) is 20.1. The summed E-state index contributed by atoms with van der Waals surface area (Å²) in [5.74, 6) is 0. The van der Waals surface area contributed by atoms with Crippen LogP contribution < -0.4 is 4.90 Å². The van der Waals surface area contributed by atoms with Crippen molar-refractivity contribution in [3.05, 3.63) is 220 Å². The van der Waals surface area contributed by atoms with E-state index in [1.807, 2.05) is 0 Å². The molecular formula is C72H53NO3. The van der Waals surface area contributed by atoms with Gasteiger partial charge in [-0.1, -0.05) is 152 Å². The summed E-state index contributed by atoms with van der Waals surface area (Å²) >= 11 is 0. The molecule has 4 heteroatoms. The van der Waals surface area contributed by atoms with Crippen LogP contribution in [0.3, 0.4) is 0 Å². The Balaban J connectivity index is 0.869. The van der Waals surface area contributed by atoms with E-state index in [1.54, 1.807) is 0 Å². The van der Waals surface area contributed by atoms with Gasteiger partial charge in [0.05, 0.1) is 0 Å². The lowest BCUT2D eigenvalue weighted by Gasteiger charge is -2.32. The first kappa shape index (κ1) is 42.7. The standard InChI is InChI=1S/C72H53NO3/c1-69(2)51-31-32-59-62(46-19-11-15-23-57(46)74-59)61(51)49-37-54-48(36-55(49)69)41-28-25-38(33-52(41)70(54,3)4)73(40-26-29-43-42-17-10-14-22-56(42)75-60(43)35-40)39-27-30-45-53(34-39)72(7,8)67-65(45)68-64(47-20-12-16-24-58(47)76-68)63-44-18-9-13-21-50(44)71(5,6)66(63)67/h9-37H,1-8H3. The van der Waals surface area contributed by atoms with Crippen LogP contribution >= 0.6 is 0 Å². The molecule has 0 amide bonds. The fourth-order valence-electron chi connectivity index (χ4n) is 15.4. The normalized spacial score (nSPS) is 16.3. The monoisotopic (exact) mass is 979 g/mol. The molecule has 364 valence electrons. The molecule has 0 aliphatic heterocycles. The molecule has 17 rings (SSSR count). The van der Waals surface area contributed by atoms with E-state index < -0.39 is 0 Å². The van der Waals surface area contributed by atoms with Crippen molar-refractivity contribution in [3.8, 4) is 44.5 Å². The van der Waals surface area contributed by atoms with Crippen molar-refractivity contribution in [2.75, 3.05) is 4.90 Å². The first-order valence-electron chi connectivity index (χ1n) is 27.0. The molecule has 10 aromatic carbocycles. The second kappa shape index (κ2) is 13.8. The molecule has 3 aromatic heterocycles. The maximum atomic E-state index is 7.09. The summed E-state index contributed by atoms with van der Waals surface area (Å²) in [7, 11) is 0. The van der Waals surface area contributed by atoms with Gasteiger partial charge in [0.15, 0.2) is 0 Å². The minimum Gasteiger partial charge on any atom is -0.456 e. The smallest absolute Gasteiger partial charge is 0.144 e. The van der Waals surface area contributed by atoms with Crippen LogP contribution in [0.25, 0.3) is 110 Å². The molecule has 0 atom stereocenters. The van der Waals surface area contributed by atoms with Crippen LogP contribution in [0.1, 0.15) is 99.9 Å². The van der Waals surface area contributed by atoms with E-state index in [9.17, 15) is 0 Å². The van der Waals surface area contributed by atoms with Crippen molar-refractivity contribution >= 4 is 82.9 Å². The fraction of sp³-hybridized carbons (Fsp3) is 0.167. The van der Waals surface area contributed by atoms with Gasteiger partial charge < -0.3 is 18.2 Å². The summed E-state index contributed by atoms with van der Waals surface area (Å²) in [6, 6.07) is 65.2. The third-order valence-corrected chi connectivity index (χ3v) is 19.0. The summed E-state index contributed by atoms with van der Waals surface area (Å²) in [4.78, 5) is 2.46. The maximum Gasteiger partial charge on any atom is 0.144 e. The lowest BCUT2D eigenvalue weighted by Crippen LogP contribution is -2.24. The number of para-hydroxylation sites is 3. The molecule has 3 heterocycles. The highest BCUT2D eigenvalue weighted by Gasteiger charge is 2.49. The number of nitrogens with zero attached hydrogens (tertiary/aromatic N) is 1. The molecule has 4 aliphatic carbocycles. The van der Waals surface area contributed by atoms with Gasteiger partial charge in [0, 0.05) is 82.7 Å². The van der Waals surface area contributed by atoms with Crippen LogP contribution in [0.4, 0.5) is 17.1 Å². The Morgan fingerprint density at radius 1 is 0.289 bits per heavy atom. The molecule has 0 fully saturated rings. The largest absolute Gasteiger partial charge is 0.456 e. The molecule has 0 saturated heterocycles. The van der Waals surface area contributed by atoms with Crippen LogP contribution in [0.5, 0.6) is 0 Å². The number of anilines is 3. The van der Waals surface area contributed by atoms with Gasteiger partial charge in [-0.25, -0.2) is 0 Å². The van der Waals surface area contributed by atoms with E-state index >= 15 is 0 Å². The van der Waals surface area contributed by atoms with Crippen molar-refractivity contribution in [1.29, 1.82) is 0 Å². The SMILES string of the molecule is CC1(C)c2cc(N(c3ccc4c(c3)C(C)(C)c3c5c(c6c(oc7ccccc76)c3-4)-c3ccccc3C5(C)C)c3ccc4c(c3)oc3ccccc34)ccc2-c2cc3c(cc21)-c1c(ccc2oc4ccccc4c12)C3(C)C. The summed E-state index contributed by atoms with van der Waals surface area (Å²) < 4.78 is 20.2. The molecule has 4 nitrogen and oxygen atoms in total. The molecule has 4 aliphatic rings. The lowest BCUT2D eigenvalue weighted by molar-refractivity contribution is 0.600. The Hall–Kier alpha value is -8.60. The Morgan fingerprint density at radius 3 is 1.55 bits per heavy atom. The van der Waals surface area contributed by atoms with Crippen molar-refractivity contribution in [2.24, 2.45) is 0 Å². The van der Waals surface area contributed by atoms with E-state index in [2.05, 4.69) is 236 Å². The van der Waals surface area contributed by atoms with E-state index in [1.165, 1.54) is 111 Å². The molecule has 13 aromatic rings. The number of benzene rings is 10. The second-order valence-electron chi connectivity index (χ2n) is 24.3. The van der Waals surface area contributed by atoms with Gasteiger partial charge >= 0.3 is 0 Å². The molecule has 0 saturated carbocycles. The Kier molecular flexibility index (Phi) is 7.76. The predicted molar refractivity (Wildman–Crippen MR) is 313 cm³/mol. The Labute approximate surface area is 440 Å². The van der Waals surface area contributed by atoms with Gasteiger partial charge in [-0.15, -0.1) is 0 Å². The van der Waals surface area contributed by atoms with Crippen molar-refractivity contribution in [2.45, 2.75) is 77.0 Å². The zero-order valence-corrected chi connectivity index (χ0v) is 43.9. The average Bonchev–Trinajstić information content (AvgIpc) is 4.33. The van der Waals surface area contributed by atoms with Gasteiger partial charge in [-0.2, -0.15) is 0 Å². The molecule has 0 unspecified atom stereocenters. The van der Waals surface area contributed by atoms with Crippen LogP contribution in [-0.2, 0) is 21.7 Å². The Bertz CT molecular complexity index is 4830. The number of furan rings is 3. The molecule has 0 spiro atoms. The maximum absolute atomic E-state index is 7.09. The number of hydrogen-bond acceptors (Lipinski definition) is 4. The highest BCUT2D eigenvalue weighted by molar-refractivity contribution is 6.21. The van der Waals surface area contributed by atoms with Crippen LogP contribution in [-0.4, -0.2) is 0 Å². The highest BCUT2D eigenvalue weighted by atomic mass is 16.3. The molecule has 0 radical (unpaired) electrons. The molecule has 76 heavy (non-hydrogen) atoms. The van der Waals surface area contributed by atoms with Gasteiger partial charge in [0.1, 0.15) is 33.5 Å². The minimum atomic E-state index is -0.367. The quantitative estimate of drug-likeness (QED) is 0.177. The van der Waals surface area contributed by atoms with E-state index in [0.717, 1.165) is 61.3 Å². The molecule has 0 N–H and O–H groups in total. The van der Waals surface area contributed by atoms with E-state index in [0.29, 0.717) is 0 Å². The average molecular weight is 980 g/mol. The number of fused-ring (bicyclic) bond motifs is 25.